The summed E-state index contributed by atoms with van der Waals surface area (Å²) < 4.78 is 4.87. The highest BCUT2D eigenvalue weighted by atomic mass is 16.5. The van der Waals surface area contributed by atoms with Crippen molar-refractivity contribution in [2.24, 2.45) is 0 Å². The molecule has 0 aliphatic carbocycles. The molecule has 18 heavy (non-hydrogen) atoms. The van der Waals surface area contributed by atoms with Crippen molar-refractivity contribution < 1.29 is 9.53 Å². The molecular formula is C14H16N2O2. The minimum atomic E-state index is -0.190. The lowest BCUT2D eigenvalue weighted by atomic mass is 10.1. The van der Waals surface area contributed by atoms with Gasteiger partial charge < -0.3 is 10.1 Å². The third-order valence-corrected chi connectivity index (χ3v) is 2.60. The Kier molecular flexibility index (Phi) is 4.12. The number of hydrogen-bond acceptors (Lipinski definition) is 4. The van der Waals surface area contributed by atoms with E-state index in [9.17, 15) is 4.79 Å². The smallest absolute Gasteiger partial charge is 0.307 e. The van der Waals surface area contributed by atoms with Crippen LogP contribution in [-0.4, -0.2) is 24.1 Å². The first kappa shape index (κ1) is 12.4. The van der Waals surface area contributed by atoms with E-state index in [1.165, 1.54) is 0 Å². The maximum atomic E-state index is 11.2. The van der Waals surface area contributed by atoms with Crippen molar-refractivity contribution in [3.63, 3.8) is 0 Å². The lowest BCUT2D eigenvalue weighted by Gasteiger charge is -2.08. The summed E-state index contributed by atoms with van der Waals surface area (Å²) in [6.07, 6.45) is 2.10. The number of aromatic nitrogens is 1. The van der Waals surface area contributed by atoms with Gasteiger partial charge in [0.2, 0.25) is 0 Å². The number of esters is 1. The SMILES string of the molecule is CCOC(=O)CCNc1nccc2ccccc12. The summed E-state index contributed by atoms with van der Waals surface area (Å²) in [5.41, 5.74) is 0. The number of benzene rings is 1. The first-order valence-corrected chi connectivity index (χ1v) is 6.04. The summed E-state index contributed by atoms with van der Waals surface area (Å²) in [6, 6.07) is 9.97. The molecule has 1 aromatic carbocycles. The molecule has 4 heteroatoms. The van der Waals surface area contributed by atoms with Gasteiger partial charge in [-0.3, -0.25) is 4.79 Å². The van der Waals surface area contributed by atoms with E-state index in [1.54, 1.807) is 13.1 Å². The van der Waals surface area contributed by atoms with E-state index in [0.29, 0.717) is 19.6 Å². The molecule has 0 atom stereocenters. The zero-order chi connectivity index (χ0) is 12.8. The van der Waals surface area contributed by atoms with Crippen molar-refractivity contribution in [1.29, 1.82) is 0 Å². The number of ether oxygens (including phenoxy) is 1. The molecule has 0 aliphatic rings. The van der Waals surface area contributed by atoms with Gasteiger partial charge in [-0.25, -0.2) is 4.98 Å². The van der Waals surface area contributed by atoms with Crippen molar-refractivity contribution in [2.45, 2.75) is 13.3 Å². The van der Waals surface area contributed by atoms with Crippen molar-refractivity contribution in [1.82, 2.24) is 4.98 Å². The molecule has 0 saturated heterocycles. The highest BCUT2D eigenvalue weighted by Gasteiger charge is 2.03. The average Bonchev–Trinajstić information content (AvgIpc) is 2.39. The van der Waals surface area contributed by atoms with Gasteiger partial charge in [0.1, 0.15) is 5.82 Å². The fourth-order valence-electron chi connectivity index (χ4n) is 1.78. The Morgan fingerprint density at radius 3 is 3.00 bits per heavy atom. The Labute approximate surface area is 106 Å². The fraction of sp³-hybridized carbons (Fsp3) is 0.286. The van der Waals surface area contributed by atoms with Crippen LogP contribution in [0, 0.1) is 0 Å². The number of rotatable bonds is 5. The maximum absolute atomic E-state index is 11.2. The number of anilines is 1. The third-order valence-electron chi connectivity index (χ3n) is 2.60. The molecule has 94 valence electrons. The molecule has 0 bridgehead atoms. The van der Waals surface area contributed by atoms with Crippen LogP contribution in [0.2, 0.25) is 0 Å². The molecule has 0 saturated carbocycles. The fourth-order valence-corrected chi connectivity index (χ4v) is 1.78. The largest absolute Gasteiger partial charge is 0.466 e. The summed E-state index contributed by atoms with van der Waals surface area (Å²) in [4.78, 5) is 15.5. The standard InChI is InChI=1S/C14H16N2O2/c1-2-18-13(17)8-10-16-14-12-6-4-3-5-11(12)7-9-15-14/h3-7,9H,2,8,10H2,1H3,(H,15,16). The maximum Gasteiger partial charge on any atom is 0.307 e. The van der Waals surface area contributed by atoms with Gasteiger partial charge in [-0.2, -0.15) is 0 Å². The molecule has 0 unspecified atom stereocenters. The number of fused-ring (bicyclic) bond motifs is 1. The van der Waals surface area contributed by atoms with E-state index in [4.69, 9.17) is 4.74 Å². The highest BCUT2D eigenvalue weighted by molar-refractivity contribution is 5.91. The Bertz CT molecular complexity index is 535. The second-order valence-electron chi connectivity index (χ2n) is 3.86. The quantitative estimate of drug-likeness (QED) is 0.821. The Morgan fingerprint density at radius 1 is 1.33 bits per heavy atom. The van der Waals surface area contributed by atoms with Crippen LogP contribution in [0.5, 0.6) is 0 Å². The van der Waals surface area contributed by atoms with E-state index in [2.05, 4.69) is 10.3 Å². The van der Waals surface area contributed by atoms with Crippen LogP contribution >= 0.6 is 0 Å². The van der Waals surface area contributed by atoms with Crippen LogP contribution in [0.15, 0.2) is 36.5 Å². The molecule has 0 spiro atoms. The van der Waals surface area contributed by atoms with Gasteiger partial charge in [-0.1, -0.05) is 24.3 Å². The minimum absolute atomic E-state index is 0.190. The van der Waals surface area contributed by atoms with E-state index in [1.807, 2.05) is 30.3 Å². The van der Waals surface area contributed by atoms with Crippen molar-refractivity contribution in [2.75, 3.05) is 18.5 Å². The Balaban J connectivity index is 2.01. The molecule has 0 amide bonds. The molecule has 4 nitrogen and oxygen atoms in total. The van der Waals surface area contributed by atoms with Gasteiger partial charge in [0.05, 0.1) is 13.0 Å². The second-order valence-corrected chi connectivity index (χ2v) is 3.86. The number of carbonyl (C=O) groups is 1. The normalized spacial score (nSPS) is 10.3. The summed E-state index contributed by atoms with van der Waals surface area (Å²) in [6.45, 7) is 2.75. The van der Waals surface area contributed by atoms with Crippen LogP contribution in [0.25, 0.3) is 10.8 Å². The van der Waals surface area contributed by atoms with Gasteiger partial charge in [0, 0.05) is 18.1 Å². The highest BCUT2D eigenvalue weighted by Crippen LogP contribution is 2.20. The van der Waals surface area contributed by atoms with Crippen molar-refractivity contribution in [3.05, 3.63) is 36.5 Å². The molecule has 2 aromatic rings. The van der Waals surface area contributed by atoms with Crippen molar-refractivity contribution in [3.8, 4) is 0 Å². The summed E-state index contributed by atoms with van der Waals surface area (Å²) in [7, 11) is 0. The van der Waals surface area contributed by atoms with E-state index in [-0.39, 0.29) is 5.97 Å². The molecule has 2 rings (SSSR count). The van der Waals surface area contributed by atoms with E-state index >= 15 is 0 Å². The number of carbonyl (C=O) groups excluding carboxylic acids is 1. The zero-order valence-corrected chi connectivity index (χ0v) is 10.3. The van der Waals surface area contributed by atoms with Gasteiger partial charge in [0.15, 0.2) is 0 Å². The summed E-state index contributed by atoms with van der Waals surface area (Å²) >= 11 is 0. The predicted molar refractivity (Wildman–Crippen MR) is 71.5 cm³/mol. The number of nitrogens with zero attached hydrogens (tertiary/aromatic N) is 1. The third kappa shape index (κ3) is 2.97. The summed E-state index contributed by atoms with van der Waals surface area (Å²) in [5, 5.41) is 5.35. The molecule has 1 heterocycles. The predicted octanol–water partition coefficient (Wildman–Crippen LogP) is 2.60. The molecule has 0 aliphatic heterocycles. The molecule has 1 aromatic heterocycles. The monoisotopic (exact) mass is 244 g/mol. The topological polar surface area (TPSA) is 51.2 Å². The lowest BCUT2D eigenvalue weighted by molar-refractivity contribution is -0.142. The molecule has 1 N–H and O–H groups in total. The Morgan fingerprint density at radius 2 is 2.17 bits per heavy atom. The average molecular weight is 244 g/mol. The molecule has 0 fully saturated rings. The van der Waals surface area contributed by atoms with Gasteiger partial charge >= 0.3 is 5.97 Å². The molecular weight excluding hydrogens is 228 g/mol. The Hall–Kier alpha value is -2.10. The number of nitrogens with one attached hydrogen (secondary N) is 1. The van der Waals surface area contributed by atoms with Crippen LogP contribution in [0.3, 0.4) is 0 Å². The van der Waals surface area contributed by atoms with Gasteiger partial charge in [0.25, 0.3) is 0 Å². The second kappa shape index (κ2) is 6.00. The van der Waals surface area contributed by atoms with Crippen LogP contribution in [0.1, 0.15) is 13.3 Å². The molecule has 0 radical (unpaired) electrons. The van der Waals surface area contributed by atoms with Crippen LogP contribution < -0.4 is 5.32 Å². The van der Waals surface area contributed by atoms with Gasteiger partial charge in [-0.15, -0.1) is 0 Å². The van der Waals surface area contributed by atoms with E-state index in [0.717, 1.165) is 16.6 Å². The van der Waals surface area contributed by atoms with Crippen molar-refractivity contribution >= 4 is 22.6 Å². The first-order chi connectivity index (χ1) is 8.81. The lowest BCUT2D eigenvalue weighted by Crippen LogP contribution is -2.12. The summed E-state index contributed by atoms with van der Waals surface area (Å²) in [5.74, 6) is 0.614. The van der Waals surface area contributed by atoms with Gasteiger partial charge in [-0.05, 0) is 18.4 Å². The van der Waals surface area contributed by atoms with Crippen LogP contribution in [-0.2, 0) is 9.53 Å². The first-order valence-electron chi connectivity index (χ1n) is 6.04. The van der Waals surface area contributed by atoms with E-state index < -0.39 is 0 Å². The zero-order valence-electron chi connectivity index (χ0n) is 10.3. The number of hydrogen-bond donors (Lipinski definition) is 1. The minimum Gasteiger partial charge on any atom is -0.466 e. The number of pyridine rings is 1. The van der Waals surface area contributed by atoms with Crippen LogP contribution in [0.4, 0.5) is 5.82 Å².